The first-order valence-electron chi connectivity index (χ1n) is 10.1. The van der Waals surface area contributed by atoms with Gasteiger partial charge in [-0.3, -0.25) is 4.79 Å². The Kier molecular flexibility index (Phi) is 6.05. The van der Waals surface area contributed by atoms with Crippen LogP contribution >= 0.6 is 8.60 Å². The maximum Gasteiger partial charge on any atom is 0.332 e. The van der Waals surface area contributed by atoms with Crippen LogP contribution in [0.4, 0.5) is 0 Å². The van der Waals surface area contributed by atoms with Gasteiger partial charge in [-0.25, -0.2) is 0 Å². The van der Waals surface area contributed by atoms with Crippen LogP contribution in [-0.2, 0) is 33.9 Å². The second kappa shape index (κ2) is 7.81. The molecular weight excluding hydrogens is 391 g/mol. The Balaban J connectivity index is 1.82. The van der Waals surface area contributed by atoms with Crippen molar-refractivity contribution in [2.45, 2.75) is 65.2 Å². The van der Waals surface area contributed by atoms with Crippen LogP contribution in [0.1, 0.15) is 71.1 Å². The van der Waals surface area contributed by atoms with E-state index in [4.69, 9.17) is 18.3 Å². The molecule has 3 heterocycles. The summed E-state index contributed by atoms with van der Waals surface area (Å²) in [6.07, 6.45) is 0. The number of fused-ring (bicyclic) bond motifs is 3. The Bertz CT molecular complexity index is 720. The van der Waals surface area contributed by atoms with Crippen molar-refractivity contribution in [2.24, 2.45) is 5.41 Å². The number of carbonyl (C=O) groups excluding carboxylic acids is 1. The number of hydrogen-bond donors (Lipinski definition) is 1. The average Bonchev–Trinajstić information content (AvgIpc) is 2.65. The van der Waals surface area contributed by atoms with Crippen molar-refractivity contribution in [1.82, 2.24) is 0 Å². The monoisotopic (exact) mass is 424 g/mol. The zero-order valence-electron chi connectivity index (χ0n) is 18.5. The number of esters is 1. The molecule has 0 aliphatic carbocycles. The summed E-state index contributed by atoms with van der Waals surface area (Å²) in [7, 11) is -1.21. The van der Waals surface area contributed by atoms with Crippen LogP contribution in [0.2, 0.25) is 0 Å². The Morgan fingerprint density at radius 2 is 1.52 bits per heavy atom. The lowest BCUT2D eigenvalue weighted by Gasteiger charge is -2.43. The molecule has 0 amide bonds. The zero-order chi connectivity index (χ0) is 21.6. The number of phenols is 1. The molecule has 29 heavy (non-hydrogen) atoms. The number of ether oxygens (including phenoxy) is 1. The normalized spacial score (nSPS) is 25.7. The lowest BCUT2D eigenvalue weighted by molar-refractivity contribution is -0.158. The van der Waals surface area contributed by atoms with Gasteiger partial charge in [0.1, 0.15) is 12.4 Å². The van der Waals surface area contributed by atoms with Crippen LogP contribution in [-0.4, -0.2) is 37.5 Å². The van der Waals surface area contributed by atoms with Crippen molar-refractivity contribution >= 4 is 14.6 Å². The van der Waals surface area contributed by atoms with Crippen molar-refractivity contribution in [3.05, 3.63) is 28.8 Å². The lowest BCUT2D eigenvalue weighted by Crippen LogP contribution is -2.47. The van der Waals surface area contributed by atoms with Gasteiger partial charge >= 0.3 is 14.6 Å². The highest BCUT2D eigenvalue weighted by Gasteiger charge is 2.46. The van der Waals surface area contributed by atoms with E-state index in [9.17, 15) is 9.90 Å². The summed E-state index contributed by atoms with van der Waals surface area (Å²) in [5.74, 6) is -0.454. The first-order valence-corrected chi connectivity index (χ1v) is 11.2. The third kappa shape index (κ3) is 4.77. The van der Waals surface area contributed by atoms with Crippen molar-refractivity contribution in [2.75, 3.05) is 26.4 Å². The van der Waals surface area contributed by atoms with Gasteiger partial charge in [-0.1, -0.05) is 53.7 Å². The van der Waals surface area contributed by atoms with Gasteiger partial charge in [-0.15, -0.1) is 0 Å². The zero-order valence-corrected chi connectivity index (χ0v) is 19.4. The molecule has 1 aromatic rings. The summed E-state index contributed by atoms with van der Waals surface area (Å²) in [4.78, 5) is 12.9. The van der Waals surface area contributed by atoms with Crippen LogP contribution in [0.3, 0.4) is 0 Å². The first kappa shape index (κ1) is 22.5. The minimum Gasteiger partial charge on any atom is -0.507 e. The van der Waals surface area contributed by atoms with Gasteiger partial charge < -0.3 is 23.4 Å². The van der Waals surface area contributed by atoms with Crippen molar-refractivity contribution < 1.29 is 28.2 Å². The van der Waals surface area contributed by atoms with Gasteiger partial charge in [0.05, 0.1) is 31.2 Å². The number of rotatable bonds is 4. The Morgan fingerprint density at radius 3 is 1.93 bits per heavy atom. The van der Waals surface area contributed by atoms with Crippen LogP contribution in [0, 0.1) is 5.41 Å². The van der Waals surface area contributed by atoms with E-state index in [0.29, 0.717) is 25.6 Å². The molecule has 4 rings (SSSR count). The molecule has 6 nitrogen and oxygen atoms in total. The van der Waals surface area contributed by atoms with Gasteiger partial charge in [0.15, 0.2) is 0 Å². The van der Waals surface area contributed by atoms with Gasteiger partial charge in [-0.2, -0.15) is 0 Å². The molecule has 0 spiro atoms. The Labute approximate surface area is 174 Å². The van der Waals surface area contributed by atoms with E-state index in [1.54, 1.807) is 0 Å². The van der Waals surface area contributed by atoms with E-state index in [-0.39, 0.29) is 23.4 Å². The van der Waals surface area contributed by atoms with E-state index < -0.39 is 19.9 Å². The van der Waals surface area contributed by atoms with Crippen LogP contribution < -0.4 is 0 Å². The van der Waals surface area contributed by atoms with Gasteiger partial charge in [0.25, 0.3) is 0 Å². The first-order chi connectivity index (χ1) is 13.3. The molecule has 3 aliphatic rings. The molecular formula is C22H33O6P. The SMILES string of the molecule is CC(C(=O)OCC12COP(OC1)OC2)c1cc(C(C)(C)C)c(O)c(C(C)(C)C)c1. The minimum absolute atomic E-state index is 0.204. The Hall–Kier alpha value is -1.20. The molecule has 1 unspecified atom stereocenters. The topological polar surface area (TPSA) is 74.2 Å². The van der Waals surface area contributed by atoms with E-state index in [1.165, 1.54) is 0 Å². The third-order valence-electron chi connectivity index (χ3n) is 5.55. The van der Waals surface area contributed by atoms with Crippen molar-refractivity contribution in [1.29, 1.82) is 0 Å². The lowest BCUT2D eigenvalue weighted by atomic mass is 9.77. The fourth-order valence-corrected chi connectivity index (χ4v) is 4.83. The number of aromatic hydroxyl groups is 1. The molecule has 3 fully saturated rings. The highest BCUT2D eigenvalue weighted by Crippen LogP contribution is 2.53. The molecule has 162 valence electrons. The quantitative estimate of drug-likeness (QED) is 0.546. The second-order valence-electron chi connectivity index (χ2n) is 10.3. The molecule has 2 bridgehead atoms. The van der Waals surface area contributed by atoms with Crippen molar-refractivity contribution in [3.63, 3.8) is 0 Å². The molecule has 0 radical (unpaired) electrons. The smallest absolute Gasteiger partial charge is 0.332 e. The Morgan fingerprint density at radius 1 is 1.07 bits per heavy atom. The van der Waals surface area contributed by atoms with Gasteiger partial charge in [0, 0.05) is 0 Å². The van der Waals surface area contributed by atoms with Gasteiger partial charge in [0.2, 0.25) is 0 Å². The number of carbonyl (C=O) groups is 1. The summed E-state index contributed by atoms with van der Waals surface area (Å²) >= 11 is 0. The summed E-state index contributed by atoms with van der Waals surface area (Å²) in [6.45, 7) is 15.9. The molecule has 7 heteroatoms. The third-order valence-corrected chi connectivity index (χ3v) is 6.57. The summed E-state index contributed by atoms with van der Waals surface area (Å²) < 4.78 is 22.1. The predicted octanol–water partition coefficient (Wildman–Crippen LogP) is 4.92. The highest BCUT2D eigenvalue weighted by atomic mass is 31.2. The fourth-order valence-electron chi connectivity index (χ4n) is 3.47. The maximum absolute atomic E-state index is 12.9. The largest absolute Gasteiger partial charge is 0.507 e. The van der Waals surface area contributed by atoms with Crippen LogP contribution in [0.25, 0.3) is 0 Å². The molecule has 1 N–H and O–H groups in total. The fraction of sp³-hybridized carbons (Fsp3) is 0.682. The molecule has 0 saturated carbocycles. The van der Waals surface area contributed by atoms with Crippen LogP contribution in [0.15, 0.2) is 12.1 Å². The van der Waals surface area contributed by atoms with E-state index in [0.717, 1.165) is 16.7 Å². The molecule has 3 aliphatic heterocycles. The summed E-state index contributed by atoms with van der Waals surface area (Å²) in [5.41, 5.74) is 1.59. The van der Waals surface area contributed by atoms with E-state index >= 15 is 0 Å². The molecule has 3 saturated heterocycles. The molecule has 1 aromatic carbocycles. The highest BCUT2D eigenvalue weighted by molar-refractivity contribution is 7.41. The second-order valence-corrected chi connectivity index (χ2v) is 11.6. The van der Waals surface area contributed by atoms with E-state index in [1.807, 2.05) is 19.1 Å². The van der Waals surface area contributed by atoms with E-state index in [2.05, 4.69) is 41.5 Å². The summed E-state index contributed by atoms with van der Waals surface area (Å²) in [6, 6.07) is 3.86. The number of phenolic OH excluding ortho intramolecular Hbond substituents is 1. The minimum atomic E-state index is -1.21. The molecule has 0 aromatic heterocycles. The summed E-state index contributed by atoms with van der Waals surface area (Å²) in [5, 5.41) is 10.9. The van der Waals surface area contributed by atoms with Gasteiger partial charge in [-0.05, 0) is 34.4 Å². The number of hydrogen-bond acceptors (Lipinski definition) is 6. The van der Waals surface area contributed by atoms with Crippen LogP contribution in [0.5, 0.6) is 5.75 Å². The van der Waals surface area contributed by atoms with Crippen molar-refractivity contribution in [3.8, 4) is 5.75 Å². The predicted molar refractivity (Wildman–Crippen MR) is 112 cm³/mol. The maximum atomic E-state index is 12.9. The number of benzene rings is 1. The standard InChI is InChI=1S/C22H33O6P/c1-14(19(24)25-10-22-11-26-29(27-12-22)28-13-22)15-8-16(20(2,3)4)18(23)17(9-15)21(5,6)7/h8-9,14,23H,10-13H2,1-7H3. The molecule has 1 atom stereocenters. The average molecular weight is 424 g/mol.